The van der Waals surface area contributed by atoms with Gasteiger partial charge in [-0.1, -0.05) is 19.3 Å². The summed E-state index contributed by atoms with van der Waals surface area (Å²) in [6.45, 7) is 0.533. The van der Waals surface area contributed by atoms with Gasteiger partial charge >= 0.3 is 0 Å². The highest BCUT2D eigenvalue weighted by Crippen LogP contribution is 2.26. The van der Waals surface area contributed by atoms with E-state index in [-0.39, 0.29) is 17.5 Å². The van der Waals surface area contributed by atoms with E-state index in [2.05, 4.69) is 15.6 Å². The van der Waals surface area contributed by atoms with Gasteiger partial charge in [-0.05, 0) is 31.0 Å². The van der Waals surface area contributed by atoms with Crippen LogP contribution in [0.15, 0.2) is 30.6 Å². The molecular formula is C18H23FN4O. The Kier molecular flexibility index (Phi) is 5.13. The van der Waals surface area contributed by atoms with Crippen LogP contribution < -0.4 is 10.6 Å². The van der Waals surface area contributed by atoms with E-state index < -0.39 is 5.82 Å². The zero-order chi connectivity index (χ0) is 16.9. The van der Waals surface area contributed by atoms with Crippen molar-refractivity contribution in [2.45, 2.75) is 38.6 Å². The number of amides is 1. The number of nitrogens with one attached hydrogen (secondary N) is 2. The van der Waals surface area contributed by atoms with Gasteiger partial charge in [0.25, 0.3) is 0 Å². The molecule has 1 saturated carbocycles. The number of imidazole rings is 1. The lowest BCUT2D eigenvalue weighted by atomic mass is 9.88. The summed E-state index contributed by atoms with van der Waals surface area (Å²) in [4.78, 5) is 16.5. The molecule has 1 heterocycles. The molecule has 1 aliphatic carbocycles. The van der Waals surface area contributed by atoms with Crippen molar-refractivity contribution in [1.29, 1.82) is 0 Å². The maximum absolute atomic E-state index is 14.0. The van der Waals surface area contributed by atoms with Crippen LogP contribution in [0.2, 0.25) is 0 Å². The number of aromatic nitrogens is 2. The summed E-state index contributed by atoms with van der Waals surface area (Å²) in [5.74, 6) is 0.394. The molecule has 1 amide bonds. The Bertz CT molecular complexity index is 707. The standard InChI is InChI=1S/C18H23FN4O/c1-23-10-9-20-17(23)12-21-14-7-8-15(19)16(11-14)22-18(24)13-5-3-2-4-6-13/h7-11,13,21H,2-6,12H2,1H3,(H,22,24). The fourth-order valence-corrected chi connectivity index (χ4v) is 3.08. The molecule has 24 heavy (non-hydrogen) atoms. The average Bonchev–Trinajstić information content (AvgIpc) is 3.01. The maximum atomic E-state index is 14.0. The van der Waals surface area contributed by atoms with Gasteiger partial charge in [-0.2, -0.15) is 0 Å². The van der Waals surface area contributed by atoms with Crippen LogP contribution in [0.5, 0.6) is 0 Å². The molecule has 0 bridgehead atoms. The van der Waals surface area contributed by atoms with Gasteiger partial charge in [0, 0.05) is 31.0 Å². The third kappa shape index (κ3) is 3.93. The molecule has 128 valence electrons. The van der Waals surface area contributed by atoms with Gasteiger partial charge in [0.2, 0.25) is 5.91 Å². The quantitative estimate of drug-likeness (QED) is 0.879. The first-order valence-corrected chi connectivity index (χ1v) is 8.44. The van der Waals surface area contributed by atoms with Crippen LogP contribution in [-0.4, -0.2) is 15.5 Å². The Morgan fingerprint density at radius 2 is 2.12 bits per heavy atom. The molecule has 1 fully saturated rings. The average molecular weight is 330 g/mol. The molecule has 5 nitrogen and oxygen atoms in total. The molecule has 2 aromatic rings. The van der Waals surface area contributed by atoms with Gasteiger partial charge < -0.3 is 15.2 Å². The first-order valence-electron chi connectivity index (χ1n) is 8.44. The van der Waals surface area contributed by atoms with Gasteiger partial charge in [0.1, 0.15) is 11.6 Å². The molecule has 6 heteroatoms. The van der Waals surface area contributed by atoms with E-state index in [0.717, 1.165) is 37.2 Å². The smallest absolute Gasteiger partial charge is 0.227 e. The lowest BCUT2D eigenvalue weighted by molar-refractivity contribution is -0.120. The van der Waals surface area contributed by atoms with E-state index >= 15 is 0 Å². The van der Waals surface area contributed by atoms with Crippen molar-refractivity contribution >= 4 is 17.3 Å². The lowest BCUT2D eigenvalue weighted by Crippen LogP contribution is -2.25. The second-order valence-corrected chi connectivity index (χ2v) is 6.33. The Hall–Kier alpha value is -2.37. The molecule has 0 unspecified atom stereocenters. The number of halogens is 1. The second-order valence-electron chi connectivity index (χ2n) is 6.33. The van der Waals surface area contributed by atoms with Gasteiger partial charge in [-0.25, -0.2) is 9.37 Å². The number of anilines is 2. The fourth-order valence-electron chi connectivity index (χ4n) is 3.08. The van der Waals surface area contributed by atoms with E-state index in [1.54, 1.807) is 18.3 Å². The topological polar surface area (TPSA) is 59.0 Å². The van der Waals surface area contributed by atoms with Crippen molar-refractivity contribution in [2.24, 2.45) is 13.0 Å². The molecule has 0 spiro atoms. The summed E-state index contributed by atoms with van der Waals surface area (Å²) >= 11 is 0. The molecular weight excluding hydrogens is 307 g/mol. The maximum Gasteiger partial charge on any atom is 0.227 e. The van der Waals surface area contributed by atoms with Gasteiger partial charge in [0.15, 0.2) is 0 Å². The number of rotatable bonds is 5. The Labute approximate surface area is 141 Å². The van der Waals surface area contributed by atoms with Gasteiger partial charge in [-0.3, -0.25) is 4.79 Å². The van der Waals surface area contributed by atoms with E-state index in [0.29, 0.717) is 6.54 Å². The molecule has 2 N–H and O–H groups in total. The van der Waals surface area contributed by atoms with Crippen LogP contribution in [0, 0.1) is 11.7 Å². The zero-order valence-corrected chi connectivity index (χ0v) is 13.9. The van der Waals surface area contributed by atoms with E-state index in [1.807, 2.05) is 17.8 Å². The first kappa shape index (κ1) is 16.5. The third-order valence-corrected chi connectivity index (χ3v) is 4.57. The Morgan fingerprint density at radius 3 is 2.83 bits per heavy atom. The van der Waals surface area contributed by atoms with Crippen LogP contribution in [0.25, 0.3) is 0 Å². The highest BCUT2D eigenvalue weighted by Gasteiger charge is 2.22. The minimum Gasteiger partial charge on any atom is -0.378 e. The summed E-state index contributed by atoms with van der Waals surface area (Å²) in [7, 11) is 1.92. The molecule has 1 aromatic heterocycles. The number of hydrogen-bond donors (Lipinski definition) is 2. The van der Waals surface area contributed by atoms with Crippen molar-refractivity contribution in [3.63, 3.8) is 0 Å². The molecule has 1 aromatic carbocycles. The first-order chi connectivity index (χ1) is 11.6. The van der Waals surface area contributed by atoms with Crippen molar-refractivity contribution < 1.29 is 9.18 Å². The van der Waals surface area contributed by atoms with E-state index in [1.165, 1.54) is 12.5 Å². The number of carbonyl (C=O) groups is 1. The van der Waals surface area contributed by atoms with Crippen LogP contribution >= 0.6 is 0 Å². The predicted octanol–water partition coefficient (Wildman–Crippen LogP) is 3.69. The molecule has 0 saturated heterocycles. The molecule has 3 rings (SSSR count). The Morgan fingerprint density at radius 1 is 1.33 bits per heavy atom. The highest BCUT2D eigenvalue weighted by atomic mass is 19.1. The van der Waals surface area contributed by atoms with Crippen molar-refractivity contribution in [1.82, 2.24) is 9.55 Å². The van der Waals surface area contributed by atoms with Crippen molar-refractivity contribution in [2.75, 3.05) is 10.6 Å². The second kappa shape index (κ2) is 7.47. The summed E-state index contributed by atoms with van der Waals surface area (Å²) in [5.41, 5.74) is 0.980. The zero-order valence-electron chi connectivity index (χ0n) is 13.9. The minimum absolute atomic E-state index is 0.00216. The third-order valence-electron chi connectivity index (χ3n) is 4.57. The van der Waals surface area contributed by atoms with Crippen LogP contribution in [0.1, 0.15) is 37.9 Å². The number of nitrogens with zero attached hydrogens (tertiary/aromatic N) is 2. The van der Waals surface area contributed by atoms with Crippen molar-refractivity contribution in [3.05, 3.63) is 42.2 Å². The van der Waals surface area contributed by atoms with Gasteiger partial charge in [-0.15, -0.1) is 0 Å². The molecule has 0 atom stereocenters. The van der Waals surface area contributed by atoms with Crippen LogP contribution in [-0.2, 0) is 18.4 Å². The molecule has 0 aliphatic heterocycles. The molecule has 1 aliphatic rings. The molecule has 0 radical (unpaired) electrons. The number of carbonyl (C=O) groups excluding carboxylic acids is 1. The number of hydrogen-bond acceptors (Lipinski definition) is 3. The highest BCUT2D eigenvalue weighted by molar-refractivity contribution is 5.93. The normalized spacial score (nSPS) is 15.2. The monoisotopic (exact) mass is 330 g/mol. The number of aryl methyl sites for hydroxylation is 1. The van der Waals surface area contributed by atoms with Gasteiger partial charge in [0.05, 0.1) is 12.2 Å². The summed E-state index contributed by atoms with van der Waals surface area (Å²) in [6.07, 6.45) is 8.73. The van der Waals surface area contributed by atoms with E-state index in [4.69, 9.17) is 0 Å². The van der Waals surface area contributed by atoms with Crippen LogP contribution in [0.3, 0.4) is 0 Å². The summed E-state index contributed by atoms with van der Waals surface area (Å²) in [5, 5.41) is 5.96. The minimum atomic E-state index is -0.415. The fraction of sp³-hybridized carbons (Fsp3) is 0.444. The van der Waals surface area contributed by atoms with E-state index in [9.17, 15) is 9.18 Å². The lowest BCUT2D eigenvalue weighted by Gasteiger charge is -2.21. The Balaban J connectivity index is 1.64. The summed E-state index contributed by atoms with van der Waals surface area (Å²) in [6, 6.07) is 4.67. The SMILES string of the molecule is Cn1ccnc1CNc1ccc(F)c(NC(=O)C2CCCCC2)c1. The number of benzene rings is 1. The predicted molar refractivity (Wildman–Crippen MR) is 92.1 cm³/mol. The largest absolute Gasteiger partial charge is 0.378 e. The van der Waals surface area contributed by atoms with Crippen molar-refractivity contribution in [3.8, 4) is 0 Å². The summed E-state index contributed by atoms with van der Waals surface area (Å²) < 4.78 is 15.9. The van der Waals surface area contributed by atoms with Crippen LogP contribution in [0.4, 0.5) is 15.8 Å².